The van der Waals surface area contributed by atoms with E-state index in [-0.39, 0.29) is 11.7 Å². The first-order valence-electron chi connectivity index (χ1n) is 8.79. The van der Waals surface area contributed by atoms with E-state index < -0.39 is 5.97 Å². The smallest absolute Gasteiger partial charge is 0.337 e. The third-order valence-electron chi connectivity index (χ3n) is 3.90. The highest BCUT2D eigenvalue weighted by atomic mass is 35.5. The second-order valence-electron chi connectivity index (χ2n) is 5.79. The maximum atomic E-state index is 11.3. The number of halogens is 1. The lowest BCUT2D eigenvalue weighted by molar-refractivity contribution is 0.0699. The van der Waals surface area contributed by atoms with Gasteiger partial charge < -0.3 is 19.6 Å². The van der Waals surface area contributed by atoms with Crippen LogP contribution in [0.3, 0.4) is 0 Å². The van der Waals surface area contributed by atoms with Gasteiger partial charge in [0.2, 0.25) is 0 Å². The molecular weight excluding hydrogens is 366 g/mol. The molecule has 0 spiro atoms. The number of aromatic amines is 1. The van der Waals surface area contributed by atoms with E-state index in [4.69, 9.17) is 21.1 Å². The Balaban J connectivity index is 0.00000126. The predicted molar refractivity (Wildman–Crippen MR) is 109 cm³/mol. The maximum absolute atomic E-state index is 11.3. The summed E-state index contributed by atoms with van der Waals surface area (Å²) >= 11 is 6.38. The average molecular weight is 390 g/mol. The number of hydrogen-bond donors (Lipinski definition) is 2. The molecule has 1 atom stereocenters. The number of aromatic nitrogens is 1. The molecule has 2 N–H and O–H groups in total. The minimum Gasteiger partial charge on any atom is -0.488 e. The van der Waals surface area contributed by atoms with Gasteiger partial charge in [-0.05, 0) is 36.8 Å². The van der Waals surface area contributed by atoms with Crippen LogP contribution < -0.4 is 4.74 Å². The van der Waals surface area contributed by atoms with Crippen LogP contribution in [0.4, 0.5) is 0 Å². The highest BCUT2D eigenvalue weighted by Gasteiger charge is 2.14. The summed E-state index contributed by atoms with van der Waals surface area (Å²) in [6, 6.07) is 11.0. The largest absolute Gasteiger partial charge is 0.488 e. The van der Waals surface area contributed by atoms with E-state index in [1.54, 1.807) is 19.2 Å². The number of nitrogens with one attached hydrogen (secondary N) is 1. The Kier molecular flexibility index (Phi) is 7.28. The highest BCUT2D eigenvalue weighted by molar-refractivity contribution is 6.34. The van der Waals surface area contributed by atoms with E-state index in [1.807, 2.05) is 45.0 Å². The number of aromatic carboxylic acids is 1. The third-order valence-corrected chi connectivity index (χ3v) is 4.22. The standard InChI is InChI=1S/C19H18ClNO4.C2H6/c1-11(10-24-2)25-13-5-3-12(4-6-13)14-7-15-16(19(22)23)9-21-18(15)8-17(14)20;1-2/h3-9,11,21H,10H2,1-2H3,(H,22,23);1-2H3. The van der Waals surface area contributed by atoms with Gasteiger partial charge in [0.1, 0.15) is 11.9 Å². The van der Waals surface area contributed by atoms with Crippen molar-refractivity contribution >= 4 is 28.5 Å². The normalized spacial score (nSPS) is 11.6. The molecule has 0 radical (unpaired) electrons. The van der Waals surface area contributed by atoms with E-state index in [9.17, 15) is 9.90 Å². The molecule has 0 amide bonds. The molecule has 1 aromatic heterocycles. The third kappa shape index (κ3) is 4.81. The number of carboxylic acids is 1. The monoisotopic (exact) mass is 389 g/mol. The molecule has 144 valence electrons. The quantitative estimate of drug-likeness (QED) is 0.573. The molecule has 3 aromatic rings. The average Bonchev–Trinajstić information content (AvgIpc) is 3.06. The SMILES string of the molecule is CC.COCC(C)Oc1ccc(-c2cc3c(C(=O)O)c[nH]c3cc2Cl)cc1. The van der Waals surface area contributed by atoms with E-state index >= 15 is 0 Å². The Hall–Kier alpha value is -2.50. The van der Waals surface area contributed by atoms with Gasteiger partial charge >= 0.3 is 5.97 Å². The first kappa shape index (κ1) is 20.8. The summed E-state index contributed by atoms with van der Waals surface area (Å²) in [4.78, 5) is 14.3. The second-order valence-corrected chi connectivity index (χ2v) is 6.20. The minimum atomic E-state index is -0.976. The number of benzene rings is 2. The van der Waals surface area contributed by atoms with Crippen LogP contribution in [0.1, 0.15) is 31.1 Å². The summed E-state index contributed by atoms with van der Waals surface area (Å²) in [7, 11) is 1.63. The van der Waals surface area contributed by atoms with Gasteiger partial charge in [0.25, 0.3) is 0 Å². The lowest BCUT2D eigenvalue weighted by Gasteiger charge is -2.14. The Labute approximate surface area is 163 Å². The van der Waals surface area contributed by atoms with Crippen LogP contribution in [0.15, 0.2) is 42.6 Å². The lowest BCUT2D eigenvalue weighted by Crippen LogP contribution is -2.17. The van der Waals surface area contributed by atoms with Crippen LogP contribution >= 0.6 is 11.6 Å². The van der Waals surface area contributed by atoms with Crippen molar-refractivity contribution in [3.63, 3.8) is 0 Å². The molecule has 3 rings (SSSR count). The van der Waals surface area contributed by atoms with Crippen LogP contribution in [0.2, 0.25) is 5.02 Å². The van der Waals surface area contributed by atoms with Gasteiger partial charge in [0.05, 0.1) is 17.2 Å². The Morgan fingerprint density at radius 1 is 1.22 bits per heavy atom. The van der Waals surface area contributed by atoms with Crippen molar-refractivity contribution in [2.75, 3.05) is 13.7 Å². The van der Waals surface area contributed by atoms with Crippen LogP contribution in [0.5, 0.6) is 5.75 Å². The molecule has 0 saturated heterocycles. The van der Waals surface area contributed by atoms with Crippen LogP contribution in [-0.2, 0) is 4.74 Å². The molecule has 0 aliphatic carbocycles. The van der Waals surface area contributed by atoms with E-state index in [2.05, 4.69) is 4.98 Å². The number of carbonyl (C=O) groups is 1. The number of carboxylic acid groups (broad SMARTS) is 1. The van der Waals surface area contributed by atoms with Gasteiger partial charge in [-0.3, -0.25) is 0 Å². The Bertz CT molecular complexity index is 902. The number of hydrogen-bond acceptors (Lipinski definition) is 3. The number of fused-ring (bicyclic) bond motifs is 1. The molecule has 2 aromatic carbocycles. The van der Waals surface area contributed by atoms with E-state index in [1.165, 1.54) is 6.20 Å². The first-order chi connectivity index (χ1) is 13.0. The zero-order chi connectivity index (χ0) is 20.0. The van der Waals surface area contributed by atoms with Crippen molar-refractivity contribution < 1.29 is 19.4 Å². The molecule has 1 heterocycles. The number of methoxy groups -OCH3 is 1. The van der Waals surface area contributed by atoms with Crippen LogP contribution in [-0.4, -0.2) is 35.9 Å². The Morgan fingerprint density at radius 2 is 1.89 bits per heavy atom. The van der Waals surface area contributed by atoms with Gasteiger partial charge in [-0.15, -0.1) is 0 Å². The van der Waals surface area contributed by atoms with Crippen molar-refractivity contribution in [3.05, 3.63) is 53.2 Å². The molecular formula is C21H24ClNO4. The first-order valence-corrected chi connectivity index (χ1v) is 9.17. The zero-order valence-electron chi connectivity index (χ0n) is 15.9. The van der Waals surface area contributed by atoms with Gasteiger partial charge in [0.15, 0.2) is 0 Å². The zero-order valence-corrected chi connectivity index (χ0v) is 16.6. The molecule has 0 saturated carbocycles. The topological polar surface area (TPSA) is 71.6 Å². The maximum Gasteiger partial charge on any atom is 0.337 e. The summed E-state index contributed by atoms with van der Waals surface area (Å²) in [5.74, 6) is -0.242. The van der Waals surface area contributed by atoms with Gasteiger partial charge in [0, 0.05) is 29.8 Å². The summed E-state index contributed by atoms with van der Waals surface area (Å²) in [5, 5.41) is 10.5. The van der Waals surface area contributed by atoms with Crippen molar-refractivity contribution in [2.24, 2.45) is 0 Å². The molecule has 0 aliphatic heterocycles. The van der Waals surface area contributed by atoms with Crippen molar-refractivity contribution in [1.29, 1.82) is 0 Å². The number of rotatable bonds is 6. The van der Waals surface area contributed by atoms with Gasteiger partial charge in [-0.2, -0.15) is 0 Å². The van der Waals surface area contributed by atoms with E-state index in [0.717, 1.165) is 16.9 Å². The van der Waals surface area contributed by atoms with Crippen LogP contribution in [0, 0.1) is 0 Å². The molecule has 1 unspecified atom stereocenters. The predicted octanol–water partition coefficient (Wildman–Crippen LogP) is 5.63. The summed E-state index contributed by atoms with van der Waals surface area (Å²) in [5.41, 5.74) is 2.57. The molecule has 6 heteroatoms. The fourth-order valence-electron chi connectivity index (χ4n) is 2.76. The molecule has 0 fully saturated rings. The second kappa shape index (κ2) is 9.44. The summed E-state index contributed by atoms with van der Waals surface area (Å²) < 4.78 is 10.8. The summed E-state index contributed by atoms with van der Waals surface area (Å²) in [6.07, 6.45) is 1.43. The number of ether oxygens (including phenoxy) is 2. The molecule has 0 aliphatic rings. The lowest BCUT2D eigenvalue weighted by atomic mass is 10.0. The molecule has 0 bridgehead atoms. The Morgan fingerprint density at radius 3 is 2.48 bits per heavy atom. The summed E-state index contributed by atoms with van der Waals surface area (Å²) in [6.45, 7) is 6.44. The van der Waals surface area contributed by atoms with Crippen molar-refractivity contribution in [3.8, 4) is 16.9 Å². The molecule has 5 nitrogen and oxygen atoms in total. The van der Waals surface area contributed by atoms with E-state index in [0.29, 0.717) is 22.5 Å². The van der Waals surface area contributed by atoms with Crippen molar-refractivity contribution in [1.82, 2.24) is 4.98 Å². The number of H-pyrrole nitrogens is 1. The van der Waals surface area contributed by atoms with Gasteiger partial charge in [-0.25, -0.2) is 4.79 Å². The van der Waals surface area contributed by atoms with Gasteiger partial charge in [-0.1, -0.05) is 37.6 Å². The van der Waals surface area contributed by atoms with Crippen molar-refractivity contribution in [2.45, 2.75) is 26.9 Å². The van der Waals surface area contributed by atoms with Crippen LogP contribution in [0.25, 0.3) is 22.0 Å². The highest BCUT2D eigenvalue weighted by Crippen LogP contribution is 2.34. The fourth-order valence-corrected chi connectivity index (χ4v) is 3.03. The minimum absolute atomic E-state index is 0.0474. The fraction of sp³-hybridized carbons (Fsp3) is 0.286. The molecule has 27 heavy (non-hydrogen) atoms.